The molecule has 0 N–H and O–H groups in total. The topological polar surface area (TPSA) is 63.2 Å². The van der Waals surface area contributed by atoms with Crippen LogP contribution in [0.2, 0.25) is 0 Å². The third kappa shape index (κ3) is 6.35. The minimum Gasteiger partial charge on any atom is -0.497 e. The average molecular weight is 364 g/mol. The summed E-state index contributed by atoms with van der Waals surface area (Å²) in [7, 11) is 1.64. The molecule has 6 heteroatoms. The van der Waals surface area contributed by atoms with Gasteiger partial charge < -0.3 is 23.7 Å². The molecule has 2 unspecified atom stereocenters. The van der Waals surface area contributed by atoms with Gasteiger partial charge in [-0.2, -0.15) is 0 Å². The highest BCUT2D eigenvalue weighted by Crippen LogP contribution is 2.25. The van der Waals surface area contributed by atoms with Crippen LogP contribution >= 0.6 is 0 Å². The van der Waals surface area contributed by atoms with E-state index in [4.69, 9.17) is 23.7 Å². The summed E-state index contributed by atoms with van der Waals surface area (Å²) in [4.78, 5) is 12.0. The first kappa shape index (κ1) is 20.3. The van der Waals surface area contributed by atoms with Crippen LogP contribution in [0.1, 0.15) is 33.1 Å². The largest absolute Gasteiger partial charge is 0.497 e. The van der Waals surface area contributed by atoms with E-state index in [0.717, 1.165) is 29.9 Å². The Balaban J connectivity index is 1.82. The minimum absolute atomic E-state index is 0.336. The van der Waals surface area contributed by atoms with Crippen molar-refractivity contribution in [2.24, 2.45) is 0 Å². The van der Waals surface area contributed by atoms with Crippen LogP contribution in [0, 0.1) is 0 Å². The Labute approximate surface area is 155 Å². The second kappa shape index (κ2) is 10.8. The molecule has 0 saturated heterocycles. The molecule has 1 aliphatic heterocycles. The highest BCUT2D eigenvalue weighted by atomic mass is 16.7. The molecule has 26 heavy (non-hydrogen) atoms. The zero-order chi connectivity index (χ0) is 18.8. The first-order valence-corrected chi connectivity index (χ1v) is 9.06. The number of methoxy groups -OCH3 is 1. The van der Waals surface area contributed by atoms with Crippen molar-refractivity contribution >= 4 is 5.97 Å². The van der Waals surface area contributed by atoms with Crippen LogP contribution < -0.4 is 9.47 Å². The predicted octanol–water partition coefficient (Wildman–Crippen LogP) is 3.50. The molecule has 0 radical (unpaired) electrons. The van der Waals surface area contributed by atoms with Crippen molar-refractivity contribution < 1.29 is 28.5 Å². The molecule has 144 valence electrons. The number of ether oxygens (including phenoxy) is 5. The molecular weight excluding hydrogens is 336 g/mol. The van der Waals surface area contributed by atoms with Gasteiger partial charge in [-0.05, 0) is 57.0 Å². The maximum absolute atomic E-state index is 12.0. The summed E-state index contributed by atoms with van der Waals surface area (Å²) in [5, 5.41) is 0. The van der Waals surface area contributed by atoms with Gasteiger partial charge in [0.05, 0.1) is 20.3 Å². The molecular formula is C20H28O6. The maximum Gasteiger partial charge on any atom is 0.335 e. The summed E-state index contributed by atoms with van der Waals surface area (Å²) in [6, 6.07) is 7.50. The molecule has 0 spiro atoms. The molecule has 1 aromatic rings. The lowest BCUT2D eigenvalue weighted by molar-refractivity contribution is -0.183. The molecule has 2 rings (SSSR count). The van der Waals surface area contributed by atoms with Crippen molar-refractivity contribution in [3.63, 3.8) is 0 Å². The maximum atomic E-state index is 12.0. The van der Waals surface area contributed by atoms with Crippen molar-refractivity contribution in [1.29, 1.82) is 0 Å². The molecule has 0 aromatic heterocycles. The molecule has 0 aliphatic carbocycles. The summed E-state index contributed by atoms with van der Waals surface area (Å²) in [5.41, 5.74) is 1.13. The van der Waals surface area contributed by atoms with E-state index < -0.39 is 12.4 Å². The summed E-state index contributed by atoms with van der Waals surface area (Å²) in [5.74, 6) is 1.28. The molecule has 0 fully saturated rings. The Morgan fingerprint density at radius 2 is 1.88 bits per heavy atom. The number of hydrogen-bond acceptors (Lipinski definition) is 6. The fourth-order valence-electron chi connectivity index (χ4n) is 2.72. The van der Waals surface area contributed by atoms with Gasteiger partial charge in [-0.3, -0.25) is 0 Å². The fraction of sp³-hybridized carbons (Fsp3) is 0.550. The van der Waals surface area contributed by atoms with Crippen LogP contribution in [-0.4, -0.2) is 45.3 Å². The first-order chi connectivity index (χ1) is 12.7. The van der Waals surface area contributed by atoms with Crippen LogP contribution in [0.5, 0.6) is 11.5 Å². The van der Waals surface area contributed by atoms with Gasteiger partial charge in [-0.1, -0.05) is 5.57 Å². The van der Waals surface area contributed by atoms with Gasteiger partial charge in [-0.15, -0.1) is 0 Å². The molecule has 0 saturated carbocycles. The number of rotatable bonds is 10. The van der Waals surface area contributed by atoms with Crippen LogP contribution in [0.25, 0.3) is 0 Å². The second-order valence-corrected chi connectivity index (χ2v) is 5.86. The van der Waals surface area contributed by atoms with Crippen molar-refractivity contribution in [3.8, 4) is 11.5 Å². The van der Waals surface area contributed by atoms with Crippen LogP contribution in [0.15, 0.2) is 35.9 Å². The fourth-order valence-corrected chi connectivity index (χ4v) is 2.72. The van der Waals surface area contributed by atoms with E-state index in [-0.39, 0.29) is 5.97 Å². The average Bonchev–Trinajstić information content (AvgIpc) is 2.66. The number of carbonyl (C=O) groups excluding carboxylic acids is 1. The van der Waals surface area contributed by atoms with Crippen molar-refractivity contribution in [2.75, 3.05) is 26.9 Å². The van der Waals surface area contributed by atoms with E-state index in [2.05, 4.69) is 0 Å². The van der Waals surface area contributed by atoms with E-state index in [1.807, 2.05) is 37.3 Å². The molecule has 2 atom stereocenters. The SMILES string of the molecule is CCOC(=O)C1CC(CCCOc2ccc(OC)cc2)=CC(OCC)O1. The van der Waals surface area contributed by atoms with Crippen molar-refractivity contribution in [3.05, 3.63) is 35.9 Å². The molecule has 0 amide bonds. The summed E-state index contributed by atoms with van der Waals surface area (Å²) in [6.07, 6.45) is 3.04. The van der Waals surface area contributed by atoms with Crippen molar-refractivity contribution in [2.45, 2.75) is 45.5 Å². The molecule has 1 aromatic carbocycles. The normalized spacial score (nSPS) is 19.6. The van der Waals surface area contributed by atoms with Gasteiger partial charge in [-0.25, -0.2) is 4.79 Å². The lowest BCUT2D eigenvalue weighted by Crippen LogP contribution is -2.35. The first-order valence-electron chi connectivity index (χ1n) is 9.06. The molecule has 1 aliphatic rings. The standard InChI is InChI=1S/C20H28O6/c1-4-23-19-14-15(13-18(26-19)20(21)24-5-2)7-6-12-25-17-10-8-16(22-3)9-11-17/h8-11,14,18-19H,4-7,12-13H2,1-3H3. The number of hydrogen-bond donors (Lipinski definition) is 0. The summed E-state index contributed by atoms with van der Waals surface area (Å²) >= 11 is 0. The lowest BCUT2D eigenvalue weighted by Gasteiger charge is -2.28. The summed E-state index contributed by atoms with van der Waals surface area (Å²) in [6.45, 7) is 5.13. The van der Waals surface area contributed by atoms with E-state index in [9.17, 15) is 4.79 Å². The third-order valence-corrected chi connectivity index (χ3v) is 3.97. The number of carbonyl (C=O) groups is 1. The Morgan fingerprint density at radius 1 is 1.15 bits per heavy atom. The Hall–Kier alpha value is -2.05. The smallest absolute Gasteiger partial charge is 0.335 e. The molecule has 1 heterocycles. The summed E-state index contributed by atoms with van der Waals surface area (Å²) < 4.78 is 27.1. The van der Waals surface area contributed by atoms with Gasteiger partial charge in [0.25, 0.3) is 0 Å². The predicted molar refractivity (Wildman–Crippen MR) is 97.3 cm³/mol. The Kier molecular flexibility index (Phi) is 8.44. The minimum atomic E-state index is -0.603. The number of esters is 1. The van der Waals surface area contributed by atoms with E-state index in [1.54, 1.807) is 14.0 Å². The number of benzene rings is 1. The molecule has 0 bridgehead atoms. The van der Waals surface area contributed by atoms with Gasteiger partial charge in [0, 0.05) is 13.0 Å². The van der Waals surface area contributed by atoms with E-state index in [1.165, 1.54) is 0 Å². The lowest BCUT2D eigenvalue weighted by atomic mass is 10.0. The van der Waals surface area contributed by atoms with Crippen molar-refractivity contribution in [1.82, 2.24) is 0 Å². The monoisotopic (exact) mass is 364 g/mol. The van der Waals surface area contributed by atoms with Crippen LogP contribution in [-0.2, 0) is 19.0 Å². The highest BCUT2D eigenvalue weighted by Gasteiger charge is 2.29. The quantitative estimate of drug-likeness (QED) is 0.360. The van der Waals surface area contributed by atoms with Crippen LogP contribution in [0.3, 0.4) is 0 Å². The van der Waals surface area contributed by atoms with Gasteiger partial charge in [0.1, 0.15) is 11.5 Å². The zero-order valence-electron chi connectivity index (χ0n) is 15.7. The van der Waals surface area contributed by atoms with Crippen LogP contribution in [0.4, 0.5) is 0 Å². The van der Waals surface area contributed by atoms with E-state index in [0.29, 0.717) is 26.2 Å². The zero-order valence-corrected chi connectivity index (χ0v) is 15.7. The Bertz CT molecular complexity index is 580. The second-order valence-electron chi connectivity index (χ2n) is 5.86. The van der Waals surface area contributed by atoms with Gasteiger partial charge in [0.2, 0.25) is 0 Å². The molecule has 6 nitrogen and oxygen atoms in total. The van der Waals surface area contributed by atoms with Gasteiger partial charge in [0.15, 0.2) is 12.4 Å². The Morgan fingerprint density at radius 3 is 2.54 bits per heavy atom. The van der Waals surface area contributed by atoms with Gasteiger partial charge >= 0.3 is 5.97 Å². The highest BCUT2D eigenvalue weighted by molar-refractivity contribution is 5.75. The third-order valence-electron chi connectivity index (χ3n) is 3.97. The van der Waals surface area contributed by atoms with E-state index >= 15 is 0 Å².